The van der Waals surface area contributed by atoms with Crippen LogP contribution in [-0.4, -0.2) is 22.0 Å². The molecule has 1 amide bonds. The van der Waals surface area contributed by atoms with Crippen LogP contribution in [0.5, 0.6) is 0 Å². The minimum absolute atomic E-state index is 0.0537. The first kappa shape index (κ1) is 13.8. The van der Waals surface area contributed by atoms with Crippen LogP contribution >= 0.6 is 0 Å². The maximum atomic E-state index is 11.8. The van der Waals surface area contributed by atoms with Crippen molar-refractivity contribution in [3.05, 3.63) is 28.4 Å². The molecule has 1 fully saturated rings. The van der Waals surface area contributed by atoms with Crippen molar-refractivity contribution in [2.75, 3.05) is 6.54 Å². The lowest BCUT2D eigenvalue weighted by atomic mass is 10.1. The second-order valence-corrected chi connectivity index (χ2v) is 5.04. The lowest BCUT2D eigenvalue weighted by Crippen LogP contribution is -2.34. The summed E-state index contributed by atoms with van der Waals surface area (Å²) in [5.41, 5.74) is 0.748. The Hall–Kier alpha value is -1.65. The smallest absolute Gasteiger partial charge is 0.253 e. The summed E-state index contributed by atoms with van der Waals surface area (Å²) in [6.45, 7) is 2.94. The number of aryl methyl sites for hydroxylation is 1. The third-order valence-electron chi connectivity index (χ3n) is 3.68. The van der Waals surface area contributed by atoms with E-state index in [9.17, 15) is 9.59 Å². The van der Waals surface area contributed by atoms with Crippen LogP contribution in [0, 0.1) is 5.92 Å². The van der Waals surface area contributed by atoms with Crippen molar-refractivity contribution in [3.8, 4) is 0 Å². The van der Waals surface area contributed by atoms with Gasteiger partial charge in [-0.3, -0.25) is 14.2 Å². The van der Waals surface area contributed by atoms with Crippen molar-refractivity contribution in [2.45, 2.75) is 45.6 Å². The van der Waals surface area contributed by atoms with Gasteiger partial charge in [0.05, 0.1) is 6.33 Å². The van der Waals surface area contributed by atoms with E-state index in [4.69, 9.17) is 0 Å². The average molecular weight is 263 g/mol. The first-order valence-electron chi connectivity index (χ1n) is 7.03. The van der Waals surface area contributed by atoms with E-state index in [0.717, 1.165) is 37.8 Å². The van der Waals surface area contributed by atoms with E-state index in [0.29, 0.717) is 13.1 Å². The van der Waals surface area contributed by atoms with Crippen LogP contribution in [0.4, 0.5) is 0 Å². The molecule has 1 N–H and O–H groups in total. The highest BCUT2D eigenvalue weighted by Gasteiger charge is 2.21. The van der Waals surface area contributed by atoms with Crippen LogP contribution in [0.1, 0.15) is 38.3 Å². The van der Waals surface area contributed by atoms with Crippen molar-refractivity contribution in [1.82, 2.24) is 14.9 Å². The van der Waals surface area contributed by atoms with Crippen molar-refractivity contribution in [3.63, 3.8) is 0 Å². The van der Waals surface area contributed by atoms with Gasteiger partial charge in [-0.1, -0.05) is 19.8 Å². The van der Waals surface area contributed by atoms with Gasteiger partial charge in [0.1, 0.15) is 0 Å². The number of aromatic nitrogens is 2. The third-order valence-corrected chi connectivity index (χ3v) is 3.68. The average Bonchev–Trinajstić information content (AvgIpc) is 2.94. The predicted molar refractivity (Wildman–Crippen MR) is 72.8 cm³/mol. The molecule has 0 unspecified atom stereocenters. The molecule has 0 aliphatic heterocycles. The standard InChI is InChI=1S/C14H21N3O2/c1-2-12-9-13(18)17(10-16-12)8-7-15-14(19)11-5-3-4-6-11/h9-11H,2-8H2,1H3,(H,15,19). The molecule has 1 aliphatic carbocycles. The van der Waals surface area contributed by atoms with Gasteiger partial charge in [-0.15, -0.1) is 0 Å². The van der Waals surface area contributed by atoms with Gasteiger partial charge in [-0.25, -0.2) is 4.98 Å². The number of nitrogens with zero attached hydrogens (tertiary/aromatic N) is 2. The van der Waals surface area contributed by atoms with Gasteiger partial charge in [0.2, 0.25) is 5.91 Å². The van der Waals surface area contributed by atoms with E-state index in [-0.39, 0.29) is 17.4 Å². The Labute approximate surface area is 113 Å². The Balaban J connectivity index is 1.82. The summed E-state index contributed by atoms with van der Waals surface area (Å²) in [7, 11) is 0. The van der Waals surface area contributed by atoms with Gasteiger partial charge >= 0.3 is 0 Å². The molecule has 0 aromatic carbocycles. The molecule has 0 spiro atoms. The molecule has 1 aromatic heterocycles. The van der Waals surface area contributed by atoms with Gasteiger partial charge in [0, 0.05) is 30.8 Å². The summed E-state index contributed by atoms with van der Waals surface area (Å²) in [4.78, 5) is 27.7. The molecule has 19 heavy (non-hydrogen) atoms. The monoisotopic (exact) mass is 263 g/mol. The molecule has 0 saturated heterocycles. The number of hydrogen-bond donors (Lipinski definition) is 1. The lowest BCUT2D eigenvalue weighted by Gasteiger charge is -2.11. The SMILES string of the molecule is CCc1cc(=O)n(CCNC(=O)C2CCCC2)cn1. The van der Waals surface area contributed by atoms with Crippen molar-refractivity contribution in [2.24, 2.45) is 5.92 Å². The first-order chi connectivity index (χ1) is 9.20. The van der Waals surface area contributed by atoms with Gasteiger partial charge < -0.3 is 5.32 Å². The van der Waals surface area contributed by atoms with Gasteiger partial charge in [0.25, 0.3) is 5.56 Å². The van der Waals surface area contributed by atoms with Crippen molar-refractivity contribution < 1.29 is 4.79 Å². The maximum absolute atomic E-state index is 11.8. The molecule has 1 heterocycles. The Kier molecular flexibility index (Phi) is 4.71. The van der Waals surface area contributed by atoms with Crippen LogP contribution in [0.25, 0.3) is 0 Å². The Morgan fingerprint density at radius 2 is 2.21 bits per heavy atom. The normalized spacial score (nSPS) is 15.6. The maximum Gasteiger partial charge on any atom is 0.253 e. The summed E-state index contributed by atoms with van der Waals surface area (Å²) in [5, 5.41) is 2.90. The summed E-state index contributed by atoms with van der Waals surface area (Å²) in [6.07, 6.45) is 6.62. The summed E-state index contributed by atoms with van der Waals surface area (Å²) >= 11 is 0. The number of carbonyl (C=O) groups excluding carboxylic acids is 1. The van der Waals surface area contributed by atoms with E-state index in [1.165, 1.54) is 4.57 Å². The molecule has 0 bridgehead atoms. The second-order valence-electron chi connectivity index (χ2n) is 5.04. The molecule has 1 aromatic rings. The molecular formula is C14H21N3O2. The quantitative estimate of drug-likeness (QED) is 0.865. The van der Waals surface area contributed by atoms with E-state index in [1.807, 2.05) is 6.92 Å². The summed E-state index contributed by atoms with van der Waals surface area (Å²) in [6, 6.07) is 1.55. The van der Waals surface area contributed by atoms with E-state index in [1.54, 1.807) is 12.4 Å². The highest BCUT2D eigenvalue weighted by molar-refractivity contribution is 5.78. The van der Waals surface area contributed by atoms with Crippen LogP contribution in [0.2, 0.25) is 0 Å². The molecule has 104 valence electrons. The zero-order chi connectivity index (χ0) is 13.7. The summed E-state index contributed by atoms with van der Waals surface area (Å²) < 4.78 is 1.54. The lowest BCUT2D eigenvalue weighted by molar-refractivity contribution is -0.124. The van der Waals surface area contributed by atoms with E-state index >= 15 is 0 Å². The Morgan fingerprint density at radius 3 is 2.84 bits per heavy atom. The predicted octanol–water partition coefficient (Wildman–Crippen LogP) is 1.11. The molecule has 5 heteroatoms. The van der Waals surface area contributed by atoms with Gasteiger partial charge in [-0.05, 0) is 19.3 Å². The Bertz CT molecular complexity index is 490. The molecule has 0 atom stereocenters. The van der Waals surface area contributed by atoms with Crippen LogP contribution in [0.3, 0.4) is 0 Å². The first-order valence-corrected chi connectivity index (χ1v) is 7.03. The van der Waals surface area contributed by atoms with Crippen LogP contribution < -0.4 is 10.9 Å². The highest BCUT2D eigenvalue weighted by atomic mass is 16.2. The highest BCUT2D eigenvalue weighted by Crippen LogP contribution is 2.24. The molecule has 1 saturated carbocycles. The van der Waals surface area contributed by atoms with Crippen molar-refractivity contribution in [1.29, 1.82) is 0 Å². The number of rotatable bonds is 5. The zero-order valence-corrected chi connectivity index (χ0v) is 11.4. The zero-order valence-electron chi connectivity index (χ0n) is 11.4. The molecule has 2 rings (SSSR count). The largest absolute Gasteiger partial charge is 0.354 e. The topological polar surface area (TPSA) is 64.0 Å². The minimum Gasteiger partial charge on any atom is -0.354 e. The molecule has 0 radical (unpaired) electrons. The number of carbonyl (C=O) groups is 1. The molecular weight excluding hydrogens is 242 g/mol. The summed E-state index contributed by atoms with van der Waals surface area (Å²) in [5.74, 6) is 0.306. The fraction of sp³-hybridized carbons (Fsp3) is 0.643. The van der Waals surface area contributed by atoms with E-state index < -0.39 is 0 Å². The van der Waals surface area contributed by atoms with Gasteiger partial charge in [0.15, 0.2) is 0 Å². The number of nitrogens with one attached hydrogen (secondary N) is 1. The number of hydrogen-bond acceptors (Lipinski definition) is 3. The van der Waals surface area contributed by atoms with Crippen molar-refractivity contribution >= 4 is 5.91 Å². The molecule has 1 aliphatic rings. The minimum atomic E-state index is -0.0537. The van der Waals surface area contributed by atoms with E-state index in [2.05, 4.69) is 10.3 Å². The fourth-order valence-corrected chi connectivity index (χ4v) is 2.46. The third kappa shape index (κ3) is 3.66. The van der Waals surface area contributed by atoms with Gasteiger partial charge in [-0.2, -0.15) is 0 Å². The Morgan fingerprint density at radius 1 is 1.47 bits per heavy atom. The fourth-order valence-electron chi connectivity index (χ4n) is 2.46. The van der Waals surface area contributed by atoms with Crippen LogP contribution in [-0.2, 0) is 17.8 Å². The number of amides is 1. The molecule has 5 nitrogen and oxygen atoms in total. The van der Waals surface area contributed by atoms with Crippen LogP contribution in [0.15, 0.2) is 17.2 Å². The second kappa shape index (κ2) is 6.50.